The van der Waals surface area contributed by atoms with Crippen LogP contribution in [0.1, 0.15) is 0 Å². The van der Waals surface area contributed by atoms with Crippen LogP contribution in [0.4, 0.5) is 0 Å². The number of nitrogens with zero attached hydrogens (tertiary/aromatic N) is 1. The van der Waals surface area contributed by atoms with Crippen LogP contribution in [0.25, 0.3) is 0 Å². The van der Waals surface area contributed by atoms with Gasteiger partial charge in [-0.15, -0.1) is 0 Å². The highest BCUT2D eigenvalue weighted by molar-refractivity contribution is 6.06. The molecule has 10 heavy (non-hydrogen) atoms. The van der Waals surface area contributed by atoms with Crippen molar-refractivity contribution in [1.29, 1.82) is 5.26 Å². The predicted molar refractivity (Wildman–Crippen MR) is 39.1 cm³/mol. The van der Waals surface area contributed by atoms with Gasteiger partial charge in [-0.1, -0.05) is 19.2 Å². The van der Waals surface area contributed by atoms with Gasteiger partial charge in [0.2, 0.25) is 0 Å². The Kier molecular flexibility index (Phi) is 3.58. The van der Waals surface area contributed by atoms with E-state index in [9.17, 15) is 4.79 Å². The third kappa shape index (κ3) is 2.10. The molecule has 0 N–H and O–H groups in total. The van der Waals surface area contributed by atoms with Crippen molar-refractivity contribution in [2.75, 3.05) is 0 Å². The fourth-order valence-electron chi connectivity index (χ4n) is 0.402. The maximum Gasteiger partial charge on any atom is 0.195 e. The molecule has 0 aromatic carbocycles. The van der Waals surface area contributed by atoms with E-state index < -0.39 is 0 Å². The minimum absolute atomic E-state index is 0.0602. The number of hydrogen-bond donors (Lipinski definition) is 0. The molecule has 0 rings (SSSR count). The first-order chi connectivity index (χ1) is 4.76. The largest absolute Gasteiger partial charge is 0.289 e. The van der Waals surface area contributed by atoms with E-state index in [1.165, 1.54) is 12.2 Å². The molecular weight excluding hydrogens is 126 g/mol. The minimum Gasteiger partial charge on any atom is -0.289 e. The highest BCUT2D eigenvalue weighted by Crippen LogP contribution is 1.94. The predicted octanol–water partition coefficient (Wildman–Crippen LogP) is 1.38. The topological polar surface area (TPSA) is 40.9 Å². The van der Waals surface area contributed by atoms with Gasteiger partial charge >= 0.3 is 0 Å². The monoisotopic (exact) mass is 133 g/mol. The van der Waals surface area contributed by atoms with Crippen LogP contribution in [0, 0.1) is 11.3 Å². The Labute approximate surface area is 59.8 Å². The third-order valence-corrected chi connectivity index (χ3v) is 0.856. The van der Waals surface area contributed by atoms with Gasteiger partial charge in [0, 0.05) is 0 Å². The molecule has 0 aromatic heterocycles. The maximum atomic E-state index is 10.7. The minimum atomic E-state index is -0.373. The zero-order valence-corrected chi connectivity index (χ0v) is 5.50. The fraction of sp³-hybridized carbons (Fsp3) is 0. The average molecular weight is 133 g/mol. The second-order valence-electron chi connectivity index (χ2n) is 1.50. The Morgan fingerprint density at radius 2 is 2.10 bits per heavy atom. The summed E-state index contributed by atoms with van der Waals surface area (Å²) in [5.74, 6) is -0.373. The van der Waals surface area contributed by atoms with E-state index in [-0.39, 0.29) is 11.4 Å². The molecule has 0 amide bonds. The van der Waals surface area contributed by atoms with Crippen molar-refractivity contribution in [2.24, 2.45) is 0 Å². The summed E-state index contributed by atoms with van der Waals surface area (Å²) in [5.41, 5.74) is 0.0602. The van der Waals surface area contributed by atoms with E-state index in [1.54, 1.807) is 6.07 Å². The quantitative estimate of drug-likeness (QED) is 0.331. The molecule has 2 heteroatoms. The maximum absolute atomic E-state index is 10.7. The Morgan fingerprint density at radius 3 is 2.40 bits per heavy atom. The van der Waals surface area contributed by atoms with Gasteiger partial charge in [-0.05, 0) is 12.2 Å². The van der Waals surface area contributed by atoms with Crippen molar-refractivity contribution < 1.29 is 4.79 Å². The van der Waals surface area contributed by atoms with Crippen LogP contribution in [0.15, 0.2) is 37.0 Å². The average Bonchev–Trinajstić information content (AvgIpc) is 1.99. The van der Waals surface area contributed by atoms with Crippen LogP contribution in [-0.4, -0.2) is 5.78 Å². The first-order valence-electron chi connectivity index (χ1n) is 2.65. The standard InChI is InChI=1S/C8H7NO/c1-3-5-7(6-9)8(10)4-2/h3-5H,1-2H2. The number of nitriles is 1. The Bertz CT molecular complexity index is 230. The number of rotatable bonds is 3. The smallest absolute Gasteiger partial charge is 0.195 e. The molecule has 0 spiro atoms. The second-order valence-corrected chi connectivity index (χ2v) is 1.50. The van der Waals surface area contributed by atoms with Gasteiger partial charge in [0.05, 0.1) is 5.57 Å². The molecule has 0 bridgehead atoms. The molecule has 0 fully saturated rings. The van der Waals surface area contributed by atoms with Crippen LogP contribution in [0.5, 0.6) is 0 Å². The summed E-state index contributed by atoms with van der Waals surface area (Å²) >= 11 is 0. The summed E-state index contributed by atoms with van der Waals surface area (Å²) < 4.78 is 0. The molecule has 0 heterocycles. The van der Waals surface area contributed by atoms with E-state index in [0.29, 0.717) is 0 Å². The summed E-state index contributed by atoms with van der Waals surface area (Å²) in [4.78, 5) is 10.7. The van der Waals surface area contributed by atoms with Gasteiger partial charge in [-0.25, -0.2) is 0 Å². The van der Waals surface area contributed by atoms with Crippen LogP contribution < -0.4 is 0 Å². The van der Waals surface area contributed by atoms with Gasteiger partial charge in [0.15, 0.2) is 5.78 Å². The van der Waals surface area contributed by atoms with E-state index >= 15 is 0 Å². The van der Waals surface area contributed by atoms with Crippen molar-refractivity contribution in [3.8, 4) is 6.07 Å². The van der Waals surface area contributed by atoms with E-state index in [4.69, 9.17) is 5.26 Å². The van der Waals surface area contributed by atoms with Crippen LogP contribution in [0.3, 0.4) is 0 Å². The summed E-state index contributed by atoms with van der Waals surface area (Å²) in [7, 11) is 0. The second kappa shape index (κ2) is 4.28. The van der Waals surface area contributed by atoms with Crippen molar-refractivity contribution in [1.82, 2.24) is 0 Å². The van der Waals surface area contributed by atoms with Gasteiger partial charge in [0.1, 0.15) is 6.07 Å². The zero-order valence-electron chi connectivity index (χ0n) is 5.50. The number of carbonyl (C=O) groups excluding carboxylic acids is 1. The highest BCUT2D eigenvalue weighted by Gasteiger charge is 2.00. The third-order valence-electron chi connectivity index (χ3n) is 0.856. The van der Waals surface area contributed by atoms with Crippen LogP contribution in [0.2, 0.25) is 0 Å². The summed E-state index contributed by atoms with van der Waals surface area (Å²) in [5, 5.41) is 8.32. The van der Waals surface area contributed by atoms with Crippen molar-refractivity contribution >= 4 is 5.78 Å². The van der Waals surface area contributed by atoms with E-state index in [1.807, 2.05) is 0 Å². The molecular formula is C8H7NO. The lowest BCUT2D eigenvalue weighted by molar-refractivity contribution is -0.110. The Balaban J connectivity index is 4.55. The van der Waals surface area contributed by atoms with Crippen molar-refractivity contribution in [3.05, 3.63) is 37.0 Å². The van der Waals surface area contributed by atoms with Gasteiger partial charge < -0.3 is 0 Å². The van der Waals surface area contributed by atoms with E-state index in [0.717, 1.165) is 6.08 Å². The fourth-order valence-corrected chi connectivity index (χ4v) is 0.402. The number of carbonyl (C=O) groups is 1. The molecule has 0 saturated carbocycles. The molecule has 0 aromatic rings. The molecule has 0 aliphatic rings. The Hall–Kier alpha value is -1.62. The number of allylic oxidation sites excluding steroid dienone is 4. The van der Waals surface area contributed by atoms with Gasteiger partial charge in [-0.3, -0.25) is 4.79 Å². The molecule has 50 valence electrons. The molecule has 0 saturated heterocycles. The van der Waals surface area contributed by atoms with Gasteiger partial charge in [-0.2, -0.15) is 5.26 Å². The van der Waals surface area contributed by atoms with Crippen molar-refractivity contribution in [2.45, 2.75) is 0 Å². The normalized spacial score (nSPS) is 9.70. The van der Waals surface area contributed by atoms with Gasteiger partial charge in [0.25, 0.3) is 0 Å². The lowest BCUT2D eigenvalue weighted by atomic mass is 10.2. The number of ketones is 1. The molecule has 0 unspecified atom stereocenters. The van der Waals surface area contributed by atoms with Crippen molar-refractivity contribution in [3.63, 3.8) is 0 Å². The lowest BCUT2D eigenvalue weighted by Gasteiger charge is -1.85. The molecule has 0 atom stereocenters. The van der Waals surface area contributed by atoms with E-state index in [2.05, 4.69) is 13.2 Å². The molecule has 2 nitrogen and oxygen atoms in total. The first-order valence-corrected chi connectivity index (χ1v) is 2.65. The van der Waals surface area contributed by atoms with Crippen LogP contribution >= 0.6 is 0 Å². The molecule has 0 radical (unpaired) electrons. The molecule has 0 aliphatic carbocycles. The summed E-state index contributed by atoms with van der Waals surface area (Å²) in [6.07, 6.45) is 3.84. The number of hydrogen-bond acceptors (Lipinski definition) is 2. The lowest BCUT2D eigenvalue weighted by Crippen LogP contribution is -1.93. The molecule has 0 aliphatic heterocycles. The summed E-state index contributed by atoms with van der Waals surface area (Å²) in [6.45, 7) is 6.59. The SMILES string of the molecule is C=CC=C(C#N)C(=O)C=C. The first kappa shape index (κ1) is 8.38. The zero-order chi connectivity index (χ0) is 7.98. The highest BCUT2D eigenvalue weighted by atomic mass is 16.1. The Morgan fingerprint density at radius 1 is 1.50 bits per heavy atom. The van der Waals surface area contributed by atoms with Crippen LogP contribution in [-0.2, 0) is 4.79 Å². The summed E-state index contributed by atoms with van der Waals surface area (Å²) in [6, 6.07) is 1.72.